The van der Waals surface area contributed by atoms with Crippen LogP contribution in [0.5, 0.6) is 0 Å². The summed E-state index contributed by atoms with van der Waals surface area (Å²) in [6, 6.07) is 0. The Kier molecular flexibility index (Phi) is 10.6. The molecule has 0 aromatic carbocycles. The summed E-state index contributed by atoms with van der Waals surface area (Å²) in [5, 5.41) is 1.53. The maximum Gasteiger partial charge on any atom is 1.00 e. The summed E-state index contributed by atoms with van der Waals surface area (Å²) in [4.78, 5) is 0. The molecule has 0 spiro atoms. The van der Waals surface area contributed by atoms with Gasteiger partial charge < -0.3 is 0 Å². The van der Waals surface area contributed by atoms with Gasteiger partial charge in [-0.2, -0.15) is 0 Å². The third kappa shape index (κ3) is 4.68. The maximum atomic E-state index is 2.51. The van der Waals surface area contributed by atoms with Gasteiger partial charge in [-0.05, 0) is 0 Å². The second kappa shape index (κ2) is 7.72. The Morgan fingerprint density at radius 2 is 0.833 bits per heavy atom. The molecule has 18 heavy (non-hydrogen) atoms. The average molecular weight is 294 g/mol. The summed E-state index contributed by atoms with van der Waals surface area (Å²) in [6.45, 7) is 25.0. The number of hydrogen-bond donors (Lipinski definition) is 0. The van der Waals surface area contributed by atoms with Crippen LogP contribution in [0, 0.1) is 0 Å². The van der Waals surface area contributed by atoms with Gasteiger partial charge in [0.2, 0.25) is 0 Å². The van der Waals surface area contributed by atoms with Gasteiger partial charge in [-0.3, -0.25) is 0 Å². The van der Waals surface area contributed by atoms with Gasteiger partial charge in [0.15, 0.2) is 0 Å². The van der Waals surface area contributed by atoms with Crippen LogP contribution >= 0.6 is 0 Å². The van der Waals surface area contributed by atoms with Crippen LogP contribution in [0.2, 0.25) is 17.0 Å². The first-order chi connectivity index (χ1) is 6.81. The Morgan fingerprint density at radius 1 is 0.611 bits per heavy atom. The van der Waals surface area contributed by atoms with Crippen LogP contribution in [0.3, 0.4) is 0 Å². The fraction of sp³-hybridized carbons (Fsp3) is 1.00. The molecule has 0 saturated heterocycles. The van der Waals surface area contributed by atoms with E-state index in [0.29, 0.717) is 12.0 Å². The van der Waals surface area contributed by atoms with Gasteiger partial charge in [-0.15, -0.1) is 0 Å². The molecule has 0 aromatic rings. The van der Waals surface area contributed by atoms with Gasteiger partial charge in [0.05, 0.1) is 0 Å². The monoisotopic (exact) mass is 292 g/mol. The minimum Gasteiger partial charge on any atom is 1.00 e. The van der Waals surface area contributed by atoms with Crippen LogP contribution in [-0.4, -0.2) is 0 Å². The van der Waals surface area contributed by atoms with Crippen LogP contribution in [0.15, 0.2) is 0 Å². The average Bonchev–Trinajstić information content (AvgIpc) is 1.91. The van der Waals surface area contributed by atoms with Crippen molar-refractivity contribution in [3.8, 4) is 0 Å². The zero-order chi connectivity index (χ0) is 13.4. The van der Waals surface area contributed by atoms with E-state index in [2.05, 4.69) is 69.2 Å². The van der Waals surface area contributed by atoms with Crippen LogP contribution in [0.25, 0.3) is 0 Å². The van der Waals surface area contributed by atoms with Crippen molar-refractivity contribution in [2.24, 2.45) is 0 Å². The second-order valence-corrected chi connectivity index (χ2v) is 30.0. The van der Waals surface area contributed by atoms with Gasteiger partial charge in [0.1, 0.15) is 0 Å². The summed E-state index contributed by atoms with van der Waals surface area (Å²) >= 11 is -2.41. The molecule has 0 aromatic heterocycles. The van der Waals surface area contributed by atoms with Crippen molar-refractivity contribution in [2.45, 2.75) is 92.7 Å². The third-order valence-electron chi connectivity index (χ3n) is 6.32. The minimum absolute atomic E-state index is 0. The molecule has 0 N–H and O–H groups in total. The molecule has 0 bridgehead atoms. The summed E-state index contributed by atoms with van der Waals surface area (Å²) in [6.07, 6.45) is 1.37. The van der Waals surface area contributed by atoms with Crippen LogP contribution in [-0.2, 0) is 14.8 Å². The van der Waals surface area contributed by atoms with E-state index in [1.165, 1.54) is 11.4 Å². The predicted molar refractivity (Wildman–Crippen MR) is 74.2 cm³/mol. The predicted octanol–water partition coefficient (Wildman–Crippen LogP) is 0.632. The zero-order valence-corrected chi connectivity index (χ0v) is 18.6. The molecule has 0 saturated carbocycles. The molecular weight excluding hydrogens is 259 g/mol. The molecule has 0 amide bonds. The van der Waals surface area contributed by atoms with Gasteiger partial charge in [-0.25, -0.2) is 0 Å². The van der Waals surface area contributed by atoms with Gasteiger partial charge in [-0.1, -0.05) is 0 Å². The molecule has 0 unspecified atom stereocenters. The van der Waals surface area contributed by atoms with Gasteiger partial charge >= 0.3 is 145 Å². The van der Waals surface area contributed by atoms with Crippen molar-refractivity contribution in [1.82, 2.24) is 0 Å². The van der Waals surface area contributed by atoms with Crippen molar-refractivity contribution < 1.29 is 52.5 Å². The van der Waals surface area contributed by atoms with E-state index in [0.717, 1.165) is 0 Å². The fourth-order valence-corrected chi connectivity index (χ4v) is 35.8. The van der Waals surface area contributed by atoms with Crippen molar-refractivity contribution >= 4 is 0 Å². The fourth-order valence-electron chi connectivity index (χ4n) is 6.89. The Balaban J connectivity index is -0.00000112. The molecular formula is C15H34Li2Zn. The normalized spacial score (nSPS) is 13.7. The first-order valence-corrected chi connectivity index (χ1v) is 13.8. The Labute approximate surface area is 144 Å². The molecule has 0 radical (unpaired) electrons. The number of rotatable bonds is 2. The van der Waals surface area contributed by atoms with Gasteiger partial charge in [0, 0.05) is 0 Å². The molecule has 0 fully saturated rings. The molecule has 0 aliphatic heterocycles. The van der Waals surface area contributed by atoms with Crippen LogP contribution in [0.4, 0.5) is 0 Å². The SMILES string of the molecule is CC[CH2][Zn-2]([C](C)(C)C)([C](C)(C)C)[C](C)(C)C.[Li+].[Li+]. The van der Waals surface area contributed by atoms with Crippen LogP contribution < -0.4 is 37.7 Å². The van der Waals surface area contributed by atoms with E-state index in [1.54, 1.807) is 0 Å². The quantitative estimate of drug-likeness (QED) is 0.655. The molecule has 0 nitrogen and oxygen atoms in total. The Bertz CT molecular complexity index is 192. The summed E-state index contributed by atoms with van der Waals surface area (Å²) in [5.74, 6) is 0. The largest absolute Gasteiger partial charge is 1.00 e. The van der Waals surface area contributed by atoms with E-state index in [4.69, 9.17) is 0 Å². The third-order valence-corrected chi connectivity index (χ3v) is 32.8. The minimum atomic E-state index is -2.41. The van der Waals surface area contributed by atoms with Gasteiger partial charge in [0.25, 0.3) is 0 Å². The smallest absolute Gasteiger partial charge is 1.00 e. The van der Waals surface area contributed by atoms with Crippen molar-refractivity contribution in [3.05, 3.63) is 0 Å². The van der Waals surface area contributed by atoms with E-state index >= 15 is 0 Å². The summed E-state index contributed by atoms with van der Waals surface area (Å²) < 4.78 is 1.65. The first-order valence-electron chi connectivity index (χ1n) is 7.27. The van der Waals surface area contributed by atoms with E-state index in [-0.39, 0.29) is 37.7 Å². The topological polar surface area (TPSA) is 0 Å². The molecule has 98 valence electrons. The Morgan fingerprint density at radius 3 is 0.889 bits per heavy atom. The molecule has 0 rings (SSSR count). The molecule has 0 aliphatic rings. The van der Waals surface area contributed by atoms with E-state index in [9.17, 15) is 0 Å². The van der Waals surface area contributed by atoms with E-state index in [1.807, 2.05) is 0 Å². The van der Waals surface area contributed by atoms with E-state index < -0.39 is 14.8 Å². The van der Waals surface area contributed by atoms with Crippen molar-refractivity contribution in [3.63, 3.8) is 0 Å². The van der Waals surface area contributed by atoms with Crippen molar-refractivity contribution in [2.75, 3.05) is 0 Å². The van der Waals surface area contributed by atoms with Crippen LogP contribution in [0.1, 0.15) is 75.7 Å². The zero-order valence-electron chi connectivity index (χ0n) is 15.6. The molecule has 0 aliphatic carbocycles. The molecule has 0 heterocycles. The second-order valence-electron chi connectivity index (χ2n) is 9.82. The maximum absolute atomic E-state index is 2.51. The first kappa shape index (κ1) is 24.8. The molecule has 3 heteroatoms. The summed E-state index contributed by atoms with van der Waals surface area (Å²) in [5.41, 5.74) is 0. The standard InChI is InChI=1S/3C4H9.C3H7.2Li.Zn/c3*1-4(2)3;1-3-2;;;/h3*1-3H3;1,3H2,2H3;;;/q;;;;2*+1;-2. The summed E-state index contributed by atoms with van der Waals surface area (Å²) in [7, 11) is 0. The molecule has 0 atom stereocenters. The Hall–Kier alpha value is 1.82. The van der Waals surface area contributed by atoms with Crippen molar-refractivity contribution in [1.29, 1.82) is 0 Å². The number of hydrogen-bond acceptors (Lipinski definition) is 0.